The van der Waals surface area contributed by atoms with Gasteiger partial charge in [0, 0.05) is 5.56 Å². The maximum atomic E-state index is 14.9. The number of rotatable bonds is 18. The zero-order valence-corrected chi connectivity index (χ0v) is 23.8. The van der Waals surface area contributed by atoms with Crippen molar-refractivity contribution in [2.75, 3.05) is 0 Å². The summed E-state index contributed by atoms with van der Waals surface area (Å²) in [5.41, 5.74) is 5.16. The fourth-order valence-electron chi connectivity index (χ4n) is 5.27. The van der Waals surface area contributed by atoms with Crippen molar-refractivity contribution >= 4 is 0 Å². The monoisotopic (exact) mass is 518 g/mol. The summed E-state index contributed by atoms with van der Waals surface area (Å²) in [4.78, 5) is 0. The zero-order chi connectivity index (χ0) is 27.0. The molecule has 0 saturated heterocycles. The van der Waals surface area contributed by atoms with E-state index in [2.05, 4.69) is 38.1 Å². The normalized spacial score (nSPS) is 11.3. The summed E-state index contributed by atoms with van der Waals surface area (Å²) in [6.45, 7) is 4.46. The topological polar surface area (TPSA) is 0 Å². The Hall–Kier alpha value is -2.48. The molecule has 3 aromatic rings. The molecule has 0 bridgehead atoms. The highest BCUT2D eigenvalue weighted by Crippen LogP contribution is 2.30. The second-order valence-corrected chi connectivity index (χ2v) is 10.9. The first kappa shape index (κ1) is 30.1. The average Bonchev–Trinajstić information content (AvgIpc) is 2.95. The molecule has 38 heavy (non-hydrogen) atoms. The van der Waals surface area contributed by atoms with Gasteiger partial charge in [-0.1, -0.05) is 152 Å². The highest BCUT2D eigenvalue weighted by molar-refractivity contribution is 5.71. The van der Waals surface area contributed by atoms with Crippen molar-refractivity contribution in [1.29, 1.82) is 0 Å². The summed E-state index contributed by atoms with van der Waals surface area (Å²) in [5.74, 6) is -1.42. The number of benzene rings is 3. The first-order valence-electron chi connectivity index (χ1n) is 15.3. The van der Waals surface area contributed by atoms with Crippen molar-refractivity contribution in [3.63, 3.8) is 0 Å². The van der Waals surface area contributed by atoms with Gasteiger partial charge in [0.15, 0.2) is 11.6 Å². The van der Waals surface area contributed by atoms with Crippen LogP contribution in [-0.2, 0) is 12.8 Å². The van der Waals surface area contributed by atoms with E-state index in [9.17, 15) is 8.78 Å². The Morgan fingerprint density at radius 3 is 1.42 bits per heavy atom. The van der Waals surface area contributed by atoms with Crippen LogP contribution in [0.25, 0.3) is 22.3 Å². The van der Waals surface area contributed by atoms with Gasteiger partial charge in [-0.05, 0) is 53.5 Å². The zero-order valence-electron chi connectivity index (χ0n) is 23.8. The van der Waals surface area contributed by atoms with E-state index in [1.165, 1.54) is 82.6 Å². The molecular weight excluding hydrogens is 470 g/mol. The Morgan fingerprint density at radius 2 is 0.868 bits per heavy atom. The lowest BCUT2D eigenvalue weighted by molar-refractivity contribution is 0.497. The van der Waals surface area contributed by atoms with Gasteiger partial charge in [-0.15, -0.1) is 0 Å². The fourth-order valence-corrected chi connectivity index (χ4v) is 5.27. The first-order chi connectivity index (χ1) is 18.6. The third-order valence-electron chi connectivity index (χ3n) is 7.76. The third-order valence-corrected chi connectivity index (χ3v) is 7.76. The minimum atomic E-state index is -0.730. The number of hydrogen-bond acceptors (Lipinski definition) is 0. The minimum Gasteiger partial charge on any atom is -0.203 e. The van der Waals surface area contributed by atoms with Gasteiger partial charge in [0.2, 0.25) is 0 Å². The predicted molar refractivity (Wildman–Crippen MR) is 161 cm³/mol. The molecule has 0 aliphatic rings. The Balaban J connectivity index is 1.50. The van der Waals surface area contributed by atoms with Crippen molar-refractivity contribution in [1.82, 2.24) is 0 Å². The Morgan fingerprint density at radius 1 is 0.421 bits per heavy atom. The lowest BCUT2D eigenvalue weighted by Gasteiger charge is -2.10. The largest absolute Gasteiger partial charge is 0.203 e. The number of hydrogen-bond donors (Lipinski definition) is 0. The number of halogens is 2. The Labute approximate surface area is 230 Å². The van der Waals surface area contributed by atoms with Gasteiger partial charge in [-0.3, -0.25) is 0 Å². The van der Waals surface area contributed by atoms with Crippen LogP contribution in [0.3, 0.4) is 0 Å². The van der Waals surface area contributed by atoms with Gasteiger partial charge in [-0.25, -0.2) is 8.78 Å². The van der Waals surface area contributed by atoms with E-state index in [4.69, 9.17) is 0 Å². The van der Waals surface area contributed by atoms with E-state index < -0.39 is 11.6 Å². The standard InChI is InChI=1S/C36H48F2/c1-3-5-7-9-11-12-13-15-17-29-19-21-30(22-20-29)31-23-25-32(26-24-31)34-28-27-33(35(37)36(34)38)18-16-14-10-8-6-4-2/h19-28H,3-18H2,1-2H3. The molecule has 0 fully saturated rings. The summed E-state index contributed by atoms with van der Waals surface area (Å²) in [7, 11) is 0. The van der Waals surface area contributed by atoms with E-state index in [1.807, 2.05) is 24.3 Å². The van der Waals surface area contributed by atoms with Crippen LogP contribution in [0.1, 0.15) is 115 Å². The second kappa shape index (κ2) is 17.2. The van der Waals surface area contributed by atoms with E-state index in [0.29, 0.717) is 23.1 Å². The Kier molecular flexibility index (Phi) is 13.6. The first-order valence-corrected chi connectivity index (χ1v) is 15.3. The highest BCUT2D eigenvalue weighted by atomic mass is 19.2. The quantitative estimate of drug-likeness (QED) is 0.147. The van der Waals surface area contributed by atoms with Crippen LogP contribution in [0.5, 0.6) is 0 Å². The molecule has 3 rings (SSSR count). The van der Waals surface area contributed by atoms with Crippen molar-refractivity contribution in [2.24, 2.45) is 0 Å². The number of aryl methyl sites for hydroxylation is 2. The second-order valence-electron chi connectivity index (χ2n) is 10.9. The van der Waals surface area contributed by atoms with E-state index in [0.717, 1.165) is 30.4 Å². The molecule has 0 heterocycles. The molecule has 206 valence electrons. The van der Waals surface area contributed by atoms with Crippen LogP contribution in [0.2, 0.25) is 0 Å². The summed E-state index contributed by atoms with van der Waals surface area (Å²) >= 11 is 0. The molecule has 0 aliphatic carbocycles. The van der Waals surface area contributed by atoms with Crippen LogP contribution in [-0.4, -0.2) is 0 Å². The molecule has 0 aromatic heterocycles. The van der Waals surface area contributed by atoms with Crippen LogP contribution >= 0.6 is 0 Å². The van der Waals surface area contributed by atoms with Crippen molar-refractivity contribution in [2.45, 2.75) is 117 Å². The summed E-state index contributed by atoms with van der Waals surface area (Å²) < 4.78 is 29.7. The molecule has 0 atom stereocenters. The highest BCUT2D eigenvalue weighted by Gasteiger charge is 2.14. The Bertz CT molecular complexity index is 1050. The molecule has 3 aromatic carbocycles. The van der Waals surface area contributed by atoms with Crippen LogP contribution in [0.15, 0.2) is 60.7 Å². The SMILES string of the molecule is CCCCCCCCCCc1ccc(-c2ccc(-c3ccc(CCCCCCCC)c(F)c3F)cc2)cc1. The molecule has 0 N–H and O–H groups in total. The lowest BCUT2D eigenvalue weighted by atomic mass is 9.96. The maximum Gasteiger partial charge on any atom is 0.166 e. The summed E-state index contributed by atoms with van der Waals surface area (Å²) in [5, 5.41) is 0. The molecule has 0 amide bonds. The molecule has 2 heteroatoms. The average molecular weight is 519 g/mol. The van der Waals surface area contributed by atoms with Gasteiger partial charge < -0.3 is 0 Å². The van der Waals surface area contributed by atoms with E-state index >= 15 is 0 Å². The molecular formula is C36H48F2. The van der Waals surface area contributed by atoms with Gasteiger partial charge in [0.25, 0.3) is 0 Å². The predicted octanol–water partition coefficient (Wildman–Crippen LogP) is 11.9. The van der Waals surface area contributed by atoms with Crippen molar-refractivity contribution < 1.29 is 8.78 Å². The summed E-state index contributed by atoms with van der Waals surface area (Å²) in [6, 6.07) is 20.1. The third kappa shape index (κ3) is 9.68. The molecule has 0 aliphatic heterocycles. The van der Waals surface area contributed by atoms with Gasteiger partial charge in [0.1, 0.15) is 0 Å². The van der Waals surface area contributed by atoms with E-state index in [-0.39, 0.29) is 0 Å². The van der Waals surface area contributed by atoms with Crippen LogP contribution in [0, 0.1) is 11.6 Å². The van der Waals surface area contributed by atoms with Gasteiger partial charge >= 0.3 is 0 Å². The van der Waals surface area contributed by atoms with E-state index in [1.54, 1.807) is 12.1 Å². The number of unbranched alkanes of at least 4 members (excludes halogenated alkanes) is 12. The van der Waals surface area contributed by atoms with Crippen molar-refractivity contribution in [3.05, 3.63) is 83.4 Å². The van der Waals surface area contributed by atoms with Gasteiger partial charge in [-0.2, -0.15) is 0 Å². The van der Waals surface area contributed by atoms with Gasteiger partial charge in [0.05, 0.1) is 0 Å². The summed E-state index contributed by atoms with van der Waals surface area (Å²) in [6.07, 6.45) is 19.3. The smallest absolute Gasteiger partial charge is 0.166 e. The van der Waals surface area contributed by atoms with Crippen molar-refractivity contribution in [3.8, 4) is 22.3 Å². The molecule has 0 radical (unpaired) electrons. The molecule has 0 nitrogen and oxygen atoms in total. The van der Waals surface area contributed by atoms with Crippen LogP contribution < -0.4 is 0 Å². The fraction of sp³-hybridized carbons (Fsp3) is 0.500. The molecule has 0 unspecified atom stereocenters. The molecule has 0 spiro atoms. The minimum absolute atomic E-state index is 0.335. The maximum absolute atomic E-state index is 14.9. The lowest BCUT2D eigenvalue weighted by Crippen LogP contribution is -1.98. The van der Waals surface area contributed by atoms with Crippen LogP contribution in [0.4, 0.5) is 8.78 Å². The molecule has 0 saturated carbocycles.